The number of hydrogen-bond acceptors (Lipinski definition) is 3. The van der Waals surface area contributed by atoms with Gasteiger partial charge in [0, 0.05) is 36.1 Å². The van der Waals surface area contributed by atoms with Crippen molar-refractivity contribution in [1.82, 2.24) is 4.90 Å². The van der Waals surface area contributed by atoms with E-state index in [1.165, 1.54) is 18.4 Å². The van der Waals surface area contributed by atoms with Crippen LogP contribution in [-0.2, 0) is 10.2 Å². The van der Waals surface area contributed by atoms with Crippen LogP contribution in [0.3, 0.4) is 0 Å². The molecule has 3 rings (SSSR count). The molecule has 1 amide bonds. The minimum atomic E-state index is 0.0615. The highest BCUT2D eigenvalue weighted by molar-refractivity contribution is 6.30. The first-order valence-corrected chi connectivity index (χ1v) is 11.2. The van der Waals surface area contributed by atoms with E-state index >= 15 is 0 Å². The molecule has 29 heavy (non-hydrogen) atoms. The molecule has 5 heteroatoms. The maximum absolute atomic E-state index is 12.1. The first kappa shape index (κ1) is 21.9. The van der Waals surface area contributed by atoms with E-state index in [0.29, 0.717) is 12.5 Å². The molecule has 2 aliphatic carbocycles. The minimum absolute atomic E-state index is 0.0615. The zero-order valence-corrected chi connectivity index (χ0v) is 18.2. The Kier molecular flexibility index (Phi) is 7.42. The van der Waals surface area contributed by atoms with Gasteiger partial charge in [0.05, 0.1) is 6.04 Å². The molecule has 1 saturated carbocycles. The van der Waals surface area contributed by atoms with E-state index < -0.39 is 0 Å². The van der Waals surface area contributed by atoms with Crippen LogP contribution < -0.4 is 11.5 Å². The second-order valence-corrected chi connectivity index (χ2v) is 9.10. The van der Waals surface area contributed by atoms with Crippen LogP contribution in [0, 0.1) is 5.92 Å². The molecule has 1 atom stereocenters. The van der Waals surface area contributed by atoms with Crippen molar-refractivity contribution in [3.63, 3.8) is 0 Å². The summed E-state index contributed by atoms with van der Waals surface area (Å²) >= 11 is 6.22. The maximum Gasteiger partial charge on any atom is 0.219 e. The molecule has 0 heterocycles. The van der Waals surface area contributed by atoms with Gasteiger partial charge in [0.1, 0.15) is 0 Å². The number of rotatable bonds is 7. The number of hydrogen-bond donors (Lipinski definition) is 2. The van der Waals surface area contributed by atoms with Crippen molar-refractivity contribution in [2.75, 3.05) is 13.1 Å². The van der Waals surface area contributed by atoms with Gasteiger partial charge in [-0.3, -0.25) is 4.79 Å². The zero-order valence-electron chi connectivity index (χ0n) is 17.4. The van der Waals surface area contributed by atoms with E-state index in [4.69, 9.17) is 23.1 Å². The third kappa shape index (κ3) is 5.43. The number of nitrogens with zero attached hydrogens (tertiary/aromatic N) is 1. The van der Waals surface area contributed by atoms with Crippen molar-refractivity contribution < 1.29 is 4.79 Å². The fourth-order valence-electron chi connectivity index (χ4n) is 4.91. The number of nitrogens with two attached hydrogens (primary N) is 2. The second-order valence-electron chi connectivity index (χ2n) is 8.66. The standard InChI is InChI=1S/C24H34ClN3O/c1-18(29)28(23-9-7-22(27)8-10-23)15-3-4-19-11-13-24(17-26,14-12-19)20-5-2-6-21(25)16-20/h2,5-9,16,19,23H,3-4,10-15,17,26-27H2,1H3. The number of carbonyl (C=O) groups excluding carboxylic acids is 1. The number of allylic oxidation sites excluding steroid dienone is 1. The van der Waals surface area contributed by atoms with Crippen LogP contribution in [0.2, 0.25) is 5.02 Å². The van der Waals surface area contributed by atoms with Gasteiger partial charge in [0.2, 0.25) is 5.91 Å². The molecule has 0 spiro atoms. The van der Waals surface area contributed by atoms with Gasteiger partial charge in [-0.15, -0.1) is 0 Å². The molecule has 158 valence electrons. The summed E-state index contributed by atoms with van der Waals surface area (Å²) in [7, 11) is 0. The van der Waals surface area contributed by atoms with Crippen LogP contribution in [0.5, 0.6) is 0 Å². The Morgan fingerprint density at radius 1 is 1.31 bits per heavy atom. The summed E-state index contributed by atoms with van der Waals surface area (Å²) in [6.45, 7) is 3.14. The lowest BCUT2D eigenvalue weighted by Crippen LogP contribution is -2.40. The summed E-state index contributed by atoms with van der Waals surface area (Å²) in [6, 6.07) is 8.34. The summed E-state index contributed by atoms with van der Waals surface area (Å²) in [5, 5.41) is 0.787. The molecular formula is C24H34ClN3O. The van der Waals surface area contributed by atoms with E-state index in [2.05, 4.69) is 18.2 Å². The van der Waals surface area contributed by atoms with Gasteiger partial charge in [-0.05, 0) is 74.6 Å². The van der Waals surface area contributed by atoms with Crippen LogP contribution >= 0.6 is 11.6 Å². The van der Waals surface area contributed by atoms with E-state index in [-0.39, 0.29) is 17.4 Å². The molecule has 0 saturated heterocycles. The third-order valence-electron chi connectivity index (χ3n) is 6.81. The highest BCUT2D eigenvalue weighted by Gasteiger charge is 2.35. The Balaban J connectivity index is 1.50. The predicted octanol–water partition coefficient (Wildman–Crippen LogP) is 4.53. The third-order valence-corrected chi connectivity index (χ3v) is 7.05. The molecule has 4 N–H and O–H groups in total. The lowest BCUT2D eigenvalue weighted by atomic mass is 9.66. The summed E-state index contributed by atoms with van der Waals surface area (Å²) in [5.74, 6) is 0.848. The van der Waals surface area contributed by atoms with Gasteiger partial charge in [-0.1, -0.05) is 35.9 Å². The van der Waals surface area contributed by atoms with Crippen molar-refractivity contribution in [2.45, 2.75) is 63.3 Å². The van der Waals surface area contributed by atoms with Gasteiger partial charge in [0.25, 0.3) is 0 Å². The van der Waals surface area contributed by atoms with E-state index in [0.717, 1.165) is 49.4 Å². The van der Waals surface area contributed by atoms with E-state index in [1.54, 1.807) is 6.92 Å². The molecule has 0 aliphatic heterocycles. The first-order chi connectivity index (χ1) is 13.9. The van der Waals surface area contributed by atoms with E-state index in [1.807, 2.05) is 29.2 Å². The van der Waals surface area contributed by atoms with Crippen molar-refractivity contribution in [3.8, 4) is 0 Å². The average Bonchev–Trinajstić information content (AvgIpc) is 2.72. The Labute approximate surface area is 180 Å². The van der Waals surface area contributed by atoms with Crippen molar-refractivity contribution in [1.29, 1.82) is 0 Å². The summed E-state index contributed by atoms with van der Waals surface area (Å²) < 4.78 is 0. The monoisotopic (exact) mass is 415 g/mol. The molecule has 4 nitrogen and oxygen atoms in total. The Morgan fingerprint density at radius 3 is 2.66 bits per heavy atom. The molecule has 1 aromatic rings. The van der Waals surface area contributed by atoms with Crippen LogP contribution in [-0.4, -0.2) is 29.9 Å². The van der Waals surface area contributed by atoms with Crippen LogP contribution in [0.15, 0.2) is 48.2 Å². The molecular weight excluding hydrogens is 382 g/mol. The van der Waals surface area contributed by atoms with Gasteiger partial charge in [-0.2, -0.15) is 0 Å². The average molecular weight is 416 g/mol. The molecule has 0 bridgehead atoms. The first-order valence-electron chi connectivity index (χ1n) is 10.8. The summed E-state index contributed by atoms with van der Waals surface area (Å²) in [6.07, 6.45) is 13.6. The van der Waals surface area contributed by atoms with Crippen molar-refractivity contribution >= 4 is 17.5 Å². The normalized spacial score (nSPS) is 26.8. The number of carbonyl (C=O) groups is 1. The highest BCUT2D eigenvalue weighted by Crippen LogP contribution is 2.42. The molecule has 1 aromatic carbocycles. The Hall–Kier alpha value is -1.78. The second kappa shape index (κ2) is 9.82. The topological polar surface area (TPSA) is 72.3 Å². The minimum Gasteiger partial charge on any atom is -0.399 e. The molecule has 0 aromatic heterocycles. The number of halogens is 1. The summed E-state index contributed by atoms with van der Waals surface area (Å²) in [4.78, 5) is 14.1. The quantitative estimate of drug-likeness (QED) is 0.687. The van der Waals surface area contributed by atoms with Crippen LogP contribution in [0.4, 0.5) is 0 Å². The fourth-order valence-corrected chi connectivity index (χ4v) is 5.10. The SMILES string of the molecule is CC(=O)N(CCCC1CCC(CN)(c2cccc(Cl)c2)CC1)C1C=CC(N)=CC1. The fraction of sp³-hybridized carbons (Fsp3) is 0.542. The van der Waals surface area contributed by atoms with Crippen molar-refractivity contribution in [2.24, 2.45) is 17.4 Å². The van der Waals surface area contributed by atoms with Crippen LogP contribution in [0.1, 0.15) is 57.4 Å². The lowest BCUT2D eigenvalue weighted by Gasteiger charge is -2.40. The molecule has 0 radical (unpaired) electrons. The number of amides is 1. The van der Waals surface area contributed by atoms with Crippen LogP contribution in [0.25, 0.3) is 0 Å². The maximum atomic E-state index is 12.1. The predicted molar refractivity (Wildman–Crippen MR) is 121 cm³/mol. The number of benzene rings is 1. The molecule has 1 fully saturated rings. The Morgan fingerprint density at radius 2 is 2.07 bits per heavy atom. The smallest absolute Gasteiger partial charge is 0.219 e. The zero-order chi connectivity index (χ0) is 20.9. The van der Waals surface area contributed by atoms with Gasteiger partial charge in [0.15, 0.2) is 0 Å². The summed E-state index contributed by atoms with van der Waals surface area (Å²) in [5.41, 5.74) is 14.2. The highest BCUT2D eigenvalue weighted by atomic mass is 35.5. The Bertz CT molecular complexity index is 765. The van der Waals surface area contributed by atoms with Gasteiger partial charge < -0.3 is 16.4 Å². The largest absolute Gasteiger partial charge is 0.399 e. The van der Waals surface area contributed by atoms with Crippen molar-refractivity contribution in [3.05, 3.63) is 58.8 Å². The molecule has 1 unspecified atom stereocenters. The van der Waals surface area contributed by atoms with Gasteiger partial charge >= 0.3 is 0 Å². The van der Waals surface area contributed by atoms with E-state index in [9.17, 15) is 4.79 Å². The van der Waals surface area contributed by atoms with Gasteiger partial charge in [-0.25, -0.2) is 0 Å². The molecule has 2 aliphatic rings. The lowest BCUT2D eigenvalue weighted by molar-refractivity contribution is -0.130.